The molecule has 0 radical (unpaired) electrons. The van der Waals surface area contributed by atoms with E-state index in [1.165, 1.54) is 17.6 Å². The van der Waals surface area contributed by atoms with Crippen molar-refractivity contribution in [2.45, 2.75) is 31.4 Å². The van der Waals surface area contributed by atoms with E-state index in [2.05, 4.69) is 5.32 Å². The van der Waals surface area contributed by atoms with Gasteiger partial charge in [0.05, 0.1) is 18.1 Å². The molecule has 0 heterocycles. The van der Waals surface area contributed by atoms with Crippen molar-refractivity contribution in [3.63, 3.8) is 0 Å². The average molecular weight is 372 g/mol. The van der Waals surface area contributed by atoms with Crippen LogP contribution in [0.25, 0.3) is 0 Å². The average Bonchev–Trinajstić information content (AvgIpc) is 2.98. The van der Waals surface area contributed by atoms with Gasteiger partial charge in [0, 0.05) is 12.8 Å². The maximum atomic E-state index is 13.1. The Labute approximate surface area is 156 Å². The van der Waals surface area contributed by atoms with Crippen molar-refractivity contribution in [2.24, 2.45) is 5.92 Å². The van der Waals surface area contributed by atoms with E-state index in [-0.39, 0.29) is 12.8 Å². The molecule has 0 saturated carbocycles. The summed E-state index contributed by atoms with van der Waals surface area (Å²) in [6.45, 7) is 0. The second kappa shape index (κ2) is 8.28. The first-order valence-electron chi connectivity index (χ1n) is 8.71. The highest BCUT2D eigenvalue weighted by Gasteiger charge is 2.34. The first kappa shape index (κ1) is 19.0. The lowest BCUT2D eigenvalue weighted by Gasteiger charge is -2.22. The molecule has 1 aliphatic carbocycles. The van der Waals surface area contributed by atoms with Gasteiger partial charge in [0.1, 0.15) is 5.82 Å². The number of fused-ring (bicyclic) bond motifs is 1. The third-order valence-electron chi connectivity index (χ3n) is 4.82. The molecule has 2 amide bonds. The van der Waals surface area contributed by atoms with Crippen LogP contribution >= 0.6 is 0 Å². The molecule has 7 heteroatoms. The summed E-state index contributed by atoms with van der Waals surface area (Å²) in [4.78, 5) is 24.4. The highest BCUT2D eigenvalue weighted by atomic mass is 19.1. The van der Waals surface area contributed by atoms with Crippen molar-refractivity contribution < 1.29 is 24.3 Å². The molecule has 6 nitrogen and oxygen atoms in total. The number of nitrogens with one attached hydrogen (secondary N) is 2. The van der Waals surface area contributed by atoms with Crippen LogP contribution in [0.3, 0.4) is 0 Å². The molecule has 0 bridgehead atoms. The molecule has 0 spiro atoms. The highest BCUT2D eigenvalue weighted by Crippen LogP contribution is 2.31. The number of amides is 2. The van der Waals surface area contributed by atoms with Gasteiger partial charge in [-0.15, -0.1) is 0 Å². The fourth-order valence-corrected chi connectivity index (χ4v) is 3.45. The highest BCUT2D eigenvalue weighted by molar-refractivity contribution is 5.86. The molecule has 3 atom stereocenters. The van der Waals surface area contributed by atoms with Gasteiger partial charge in [-0.1, -0.05) is 36.4 Å². The Morgan fingerprint density at radius 1 is 1.15 bits per heavy atom. The van der Waals surface area contributed by atoms with E-state index in [4.69, 9.17) is 5.21 Å². The van der Waals surface area contributed by atoms with Gasteiger partial charge in [-0.2, -0.15) is 0 Å². The first-order valence-corrected chi connectivity index (χ1v) is 8.71. The lowest BCUT2D eigenvalue weighted by molar-refractivity contribution is -0.135. The Morgan fingerprint density at radius 3 is 2.56 bits per heavy atom. The summed E-state index contributed by atoms with van der Waals surface area (Å²) in [5, 5.41) is 21.9. The Hall–Kier alpha value is -2.77. The third kappa shape index (κ3) is 4.50. The monoisotopic (exact) mass is 372 g/mol. The maximum absolute atomic E-state index is 13.1. The topological polar surface area (TPSA) is 98.7 Å². The SMILES string of the molecule is O=C(C[C@@H](Cc1ccc(F)cc1)C(=O)N[C@H]1c2ccccc2C[C@H]1O)NO. The number of hydroxylamine groups is 1. The van der Waals surface area contributed by atoms with Crippen LogP contribution in [0.1, 0.15) is 29.2 Å². The van der Waals surface area contributed by atoms with Crippen LogP contribution in [0.2, 0.25) is 0 Å². The van der Waals surface area contributed by atoms with Gasteiger partial charge in [-0.25, -0.2) is 9.87 Å². The summed E-state index contributed by atoms with van der Waals surface area (Å²) in [6, 6.07) is 12.6. The van der Waals surface area contributed by atoms with Crippen LogP contribution in [-0.4, -0.2) is 28.2 Å². The van der Waals surface area contributed by atoms with Crippen LogP contribution < -0.4 is 10.8 Å². The molecule has 1 aliphatic rings. The van der Waals surface area contributed by atoms with E-state index < -0.39 is 35.7 Å². The molecule has 0 aromatic heterocycles. The number of benzene rings is 2. The molecular formula is C20H21FN2O4. The quantitative estimate of drug-likeness (QED) is 0.458. The van der Waals surface area contributed by atoms with E-state index in [9.17, 15) is 19.1 Å². The van der Waals surface area contributed by atoms with Crippen LogP contribution in [-0.2, 0) is 22.4 Å². The number of rotatable bonds is 6. The van der Waals surface area contributed by atoms with Gasteiger partial charge < -0.3 is 10.4 Å². The molecule has 3 rings (SSSR count). The number of hydrogen-bond acceptors (Lipinski definition) is 4. The second-order valence-electron chi connectivity index (χ2n) is 6.72. The lowest BCUT2D eigenvalue weighted by atomic mass is 9.94. The largest absolute Gasteiger partial charge is 0.390 e. The minimum absolute atomic E-state index is 0.198. The normalized spacial score (nSPS) is 19.2. The molecular weight excluding hydrogens is 351 g/mol. The number of carbonyl (C=O) groups is 2. The number of hydrogen-bond donors (Lipinski definition) is 4. The molecule has 142 valence electrons. The Kier molecular flexibility index (Phi) is 5.83. The standard InChI is InChI=1S/C20H21FN2O4/c21-15-7-5-12(6-8-15)9-14(11-18(25)23-27)20(26)22-19-16-4-2-1-3-13(16)10-17(19)24/h1-8,14,17,19,24,27H,9-11H2,(H,22,26)(H,23,25)/t14-,17-,19+/m1/s1. The molecule has 0 fully saturated rings. The number of halogens is 1. The van der Waals surface area contributed by atoms with Crippen molar-refractivity contribution in [3.05, 3.63) is 71.0 Å². The van der Waals surface area contributed by atoms with Crippen LogP contribution in [0.4, 0.5) is 4.39 Å². The smallest absolute Gasteiger partial charge is 0.244 e. The number of aliphatic hydroxyl groups excluding tert-OH is 1. The van der Waals surface area contributed by atoms with E-state index in [0.29, 0.717) is 12.0 Å². The van der Waals surface area contributed by atoms with Gasteiger partial charge in [0.15, 0.2) is 0 Å². The van der Waals surface area contributed by atoms with E-state index in [0.717, 1.165) is 11.1 Å². The minimum atomic E-state index is -0.775. The minimum Gasteiger partial charge on any atom is -0.390 e. The van der Waals surface area contributed by atoms with Gasteiger partial charge in [0.2, 0.25) is 11.8 Å². The summed E-state index contributed by atoms with van der Waals surface area (Å²) in [6.07, 6.45) is -0.334. The van der Waals surface area contributed by atoms with Crippen LogP contribution in [0.5, 0.6) is 0 Å². The van der Waals surface area contributed by atoms with Gasteiger partial charge >= 0.3 is 0 Å². The molecule has 0 aliphatic heterocycles. The van der Waals surface area contributed by atoms with Crippen molar-refractivity contribution in [1.82, 2.24) is 10.8 Å². The lowest BCUT2D eigenvalue weighted by Crippen LogP contribution is -2.40. The van der Waals surface area contributed by atoms with Crippen molar-refractivity contribution in [2.75, 3.05) is 0 Å². The predicted molar refractivity (Wildman–Crippen MR) is 95.2 cm³/mol. The summed E-state index contributed by atoms with van der Waals surface area (Å²) < 4.78 is 13.1. The van der Waals surface area contributed by atoms with E-state index in [1.54, 1.807) is 12.1 Å². The van der Waals surface area contributed by atoms with Crippen LogP contribution in [0.15, 0.2) is 48.5 Å². The summed E-state index contributed by atoms with van der Waals surface area (Å²) in [5.74, 6) is -2.27. The Bertz CT molecular complexity index is 825. The maximum Gasteiger partial charge on any atom is 0.244 e. The molecule has 0 saturated heterocycles. The molecule has 2 aromatic carbocycles. The summed E-state index contributed by atoms with van der Waals surface area (Å²) in [5.41, 5.74) is 4.05. The van der Waals surface area contributed by atoms with E-state index in [1.807, 2.05) is 24.3 Å². The predicted octanol–water partition coefficient (Wildman–Crippen LogP) is 1.65. The Morgan fingerprint density at radius 2 is 1.85 bits per heavy atom. The van der Waals surface area contributed by atoms with Crippen molar-refractivity contribution in [3.8, 4) is 0 Å². The van der Waals surface area contributed by atoms with Crippen molar-refractivity contribution >= 4 is 11.8 Å². The first-order chi connectivity index (χ1) is 13.0. The van der Waals surface area contributed by atoms with Gasteiger partial charge in [0.25, 0.3) is 0 Å². The zero-order valence-electron chi connectivity index (χ0n) is 14.6. The summed E-state index contributed by atoms with van der Waals surface area (Å²) in [7, 11) is 0. The second-order valence-corrected chi connectivity index (χ2v) is 6.72. The molecule has 2 aromatic rings. The Balaban J connectivity index is 1.76. The van der Waals surface area contributed by atoms with E-state index >= 15 is 0 Å². The number of carbonyl (C=O) groups excluding carboxylic acids is 2. The van der Waals surface area contributed by atoms with Crippen molar-refractivity contribution in [1.29, 1.82) is 0 Å². The molecule has 0 unspecified atom stereocenters. The zero-order chi connectivity index (χ0) is 19.4. The molecule has 4 N–H and O–H groups in total. The number of aliphatic hydroxyl groups is 1. The third-order valence-corrected chi connectivity index (χ3v) is 4.82. The van der Waals surface area contributed by atoms with Gasteiger partial charge in [-0.3, -0.25) is 14.8 Å². The fraction of sp³-hybridized carbons (Fsp3) is 0.300. The summed E-state index contributed by atoms with van der Waals surface area (Å²) >= 11 is 0. The van der Waals surface area contributed by atoms with Gasteiger partial charge in [-0.05, 0) is 35.2 Å². The van der Waals surface area contributed by atoms with Crippen LogP contribution in [0, 0.1) is 11.7 Å². The molecule has 27 heavy (non-hydrogen) atoms. The fourth-order valence-electron chi connectivity index (χ4n) is 3.45. The zero-order valence-corrected chi connectivity index (χ0v) is 14.6.